The van der Waals surface area contributed by atoms with Gasteiger partial charge < -0.3 is 19.5 Å². The van der Waals surface area contributed by atoms with Gasteiger partial charge in [-0.1, -0.05) is 46.2 Å². The smallest absolute Gasteiger partial charge is 0.323 e. The normalized spacial score (nSPS) is 20.9. The number of Topliss-reactive ketones (excluding diaryl/α,β-unsaturated/α-hetero) is 2. The van der Waals surface area contributed by atoms with E-state index in [1.807, 2.05) is 47.6 Å². The number of carbonyl (C=O) groups is 3. The van der Waals surface area contributed by atoms with Crippen LogP contribution in [0, 0.1) is 10.8 Å². The van der Waals surface area contributed by atoms with E-state index < -0.39 is 11.9 Å². The minimum atomic E-state index is -1.01. The monoisotopic (exact) mass is 543 g/mol. The van der Waals surface area contributed by atoms with Crippen LogP contribution in [-0.2, 0) is 14.4 Å². The number of rotatable bonds is 8. The minimum Gasteiger partial charge on any atom is -0.490 e. The first kappa shape index (κ1) is 28.2. The Bertz CT molecular complexity index is 1190. The van der Waals surface area contributed by atoms with Crippen molar-refractivity contribution in [3.8, 4) is 11.5 Å². The summed E-state index contributed by atoms with van der Waals surface area (Å²) in [6.45, 7) is 12.5. The summed E-state index contributed by atoms with van der Waals surface area (Å²) < 4.78 is 11.8. The van der Waals surface area contributed by atoms with Crippen molar-refractivity contribution < 1.29 is 29.0 Å². The molecule has 0 spiro atoms. The molecule has 2 aliphatic carbocycles. The molecule has 0 saturated carbocycles. The molecule has 0 saturated heterocycles. The number of hydrogen-bond donors (Lipinski definition) is 1. The highest BCUT2D eigenvalue weighted by molar-refractivity contribution is 6.32. The molecule has 0 amide bonds. The third kappa shape index (κ3) is 5.35. The molecule has 206 valence electrons. The maximum atomic E-state index is 13.8. The van der Waals surface area contributed by atoms with Crippen molar-refractivity contribution in [1.29, 1.82) is 0 Å². The highest BCUT2D eigenvalue weighted by atomic mass is 35.5. The van der Waals surface area contributed by atoms with E-state index in [0.29, 0.717) is 83.5 Å². The van der Waals surface area contributed by atoms with Crippen LogP contribution in [0.4, 0.5) is 0 Å². The van der Waals surface area contributed by atoms with Gasteiger partial charge in [0.25, 0.3) is 0 Å². The number of benzene rings is 1. The first-order valence-corrected chi connectivity index (χ1v) is 13.8. The molecule has 1 aromatic carbocycles. The van der Waals surface area contributed by atoms with Gasteiger partial charge >= 0.3 is 5.97 Å². The lowest BCUT2D eigenvalue weighted by molar-refractivity contribution is -0.138. The molecule has 1 aliphatic heterocycles. The van der Waals surface area contributed by atoms with Gasteiger partial charge in [-0.25, -0.2) is 0 Å². The number of nitrogens with zero attached hydrogens (tertiary/aromatic N) is 1. The van der Waals surface area contributed by atoms with Crippen molar-refractivity contribution in [2.75, 3.05) is 19.8 Å². The number of carbonyl (C=O) groups excluding carboxylic acids is 2. The lowest BCUT2D eigenvalue weighted by Gasteiger charge is -2.48. The molecule has 1 heterocycles. The Morgan fingerprint density at radius 1 is 0.974 bits per heavy atom. The summed E-state index contributed by atoms with van der Waals surface area (Å²) in [4.78, 5) is 41.4. The average Bonchev–Trinajstić information content (AvgIpc) is 2.77. The Balaban J connectivity index is 2.00. The minimum absolute atomic E-state index is 0.0683. The van der Waals surface area contributed by atoms with Gasteiger partial charge in [-0.2, -0.15) is 0 Å². The molecule has 0 atom stereocenters. The van der Waals surface area contributed by atoms with Crippen LogP contribution in [0.15, 0.2) is 34.7 Å². The van der Waals surface area contributed by atoms with Gasteiger partial charge in [0.05, 0.1) is 18.2 Å². The largest absolute Gasteiger partial charge is 0.490 e. The summed E-state index contributed by atoms with van der Waals surface area (Å²) in [5.74, 6) is -0.879. The van der Waals surface area contributed by atoms with Crippen molar-refractivity contribution in [1.82, 2.24) is 4.90 Å². The highest BCUT2D eigenvalue weighted by Crippen LogP contribution is 2.55. The number of carboxylic acid groups (broad SMARTS) is 1. The third-order valence-corrected chi connectivity index (χ3v) is 7.71. The molecule has 0 fully saturated rings. The van der Waals surface area contributed by atoms with Gasteiger partial charge in [-0.3, -0.25) is 14.4 Å². The van der Waals surface area contributed by atoms with Crippen LogP contribution in [0.3, 0.4) is 0 Å². The summed E-state index contributed by atoms with van der Waals surface area (Å²) >= 11 is 6.74. The van der Waals surface area contributed by atoms with E-state index in [-0.39, 0.29) is 28.9 Å². The summed E-state index contributed by atoms with van der Waals surface area (Å²) in [7, 11) is 0. The molecule has 0 bridgehead atoms. The van der Waals surface area contributed by atoms with Crippen LogP contribution in [0.1, 0.15) is 85.1 Å². The molecule has 0 unspecified atom stereocenters. The lowest BCUT2D eigenvalue weighted by atomic mass is 9.63. The summed E-state index contributed by atoms with van der Waals surface area (Å²) in [6.07, 6.45) is 2.50. The molecule has 38 heavy (non-hydrogen) atoms. The topological polar surface area (TPSA) is 93.1 Å². The fourth-order valence-corrected chi connectivity index (χ4v) is 6.34. The van der Waals surface area contributed by atoms with Crippen molar-refractivity contribution >= 4 is 29.1 Å². The first-order chi connectivity index (χ1) is 17.8. The molecule has 3 aliphatic rings. The standard InChI is InChI=1S/C30H38ClNO6/c1-7-9-38-28-18(31)10-17(11-23(28)37-8-2)25-26-19(12-29(3,4)14-21(26)33)32(16-24(35)36)20-13-30(5,6)15-22(34)27(20)25/h10-11,25H,7-9,12-16H2,1-6H3,(H,35,36). The van der Waals surface area contributed by atoms with E-state index in [4.69, 9.17) is 21.1 Å². The van der Waals surface area contributed by atoms with Crippen LogP contribution < -0.4 is 9.47 Å². The second kappa shape index (κ2) is 10.4. The Hall–Kier alpha value is -2.80. The van der Waals surface area contributed by atoms with Gasteiger partial charge in [0, 0.05) is 41.3 Å². The van der Waals surface area contributed by atoms with E-state index in [0.717, 1.165) is 6.42 Å². The molecule has 7 nitrogen and oxygen atoms in total. The second-order valence-electron chi connectivity index (χ2n) is 12.1. The predicted octanol–water partition coefficient (Wildman–Crippen LogP) is 6.30. The summed E-state index contributed by atoms with van der Waals surface area (Å²) in [5, 5.41) is 10.2. The number of aliphatic carboxylic acids is 1. The summed E-state index contributed by atoms with van der Waals surface area (Å²) in [5.41, 5.74) is 2.39. The molecular formula is C30H38ClNO6. The van der Waals surface area contributed by atoms with E-state index in [9.17, 15) is 19.5 Å². The maximum absolute atomic E-state index is 13.8. The third-order valence-electron chi connectivity index (χ3n) is 7.43. The van der Waals surface area contributed by atoms with Gasteiger partial charge in [-0.15, -0.1) is 0 Å². The number of allylic oxidation sites excluding steroid dienone is 4. The van der Waals surface area contributed by atoms with Gasteiger partial charge in [0.2, 0.25) is 0 Å². The highest BCUT2D eigenvalue weighted by Gasteiger charge is 2.49. The fourth-order valence-electron chi connectivity index (χ4n) is 6.07. The molecule has 4 rings (SSSR count). The molecular weight excluding hydrogens is 506 g/mol. The maximum Gasteiger partial charge on any atom is 0.323 e. The molecule has 8 heteroatoms. The van der Waals surface area contributed by atoms with Crippen LogP contribution >= 0.6 is 11.6 Å². The second-order valence-corrected chi connectivity index (χ2v) is 12.5. The fraction of sp³-hybridized carbons (Fsp3) is 0.567. The Kier molecular flexibility index (Phi) is 7.72. The zero-order chi connectivity index (χ0) is 28.0. The first-order valence-electron chi connectivity index (χ1n) is 13.4. The quantitative estimate of drug-likeness (QED) is 0.411. The number of ketones is 2. The zero-order valence-corrected chi connectivity index (χ0v) is 24.0. The van der Waals surface area contributed by atoms with Crippen molar-refractivity contribution in [3.05, 3.63) is 45.3 Å². The van der Waals surface area contributed by atoms with Crippen LogP contribution in [0.25, 0.3) is 0 Å². The predicted molar refractivity (Wildman–Crippen MR) is 146 cm³/mol. The van der Waals surface area contributed by atoms with Gasteiger partial charge in [0.15, 0.2) is 23.1 Å². The number of halogens is 1. The SMILES string of the molecule is CCCOc1c(Cl)cc(C2C3=C(CC(C)(C)CC3=O)N(CC(=O)O)C3=C2C(=O)CC(C)(C)C3)cc1OCC. The van der Waals surface area contributed by atoms with Gasteiger partial charge in [0.1, 0.15) is 6.54 Å². The molecule has 1 N–H and O–H groups in total. The summed E-state index contributed by atoms with van der Waals surface area (Å²) in [6, 6.07) is 3.59. The van der Waals surface area contributed by atoms with Crippen molar-refractivity contribution in [3.63, 3.8) is 0 Å². The van der Waals surface area contributed by atoms with E-state index in [1.165, 1.54) is 0 Å². The van der Waals surface area contributed by atoms with E-state index in [1.54, 1.807) is 11.0 Å². The van der Waals surface area contributed by atoms with Crippen LogP contribution in [-0.4, -0.2) is 47.3 Å². The lowest BCUT2D eigenvalue weighted by Crippen LogP contribution is -2.45. The van der Waals surface area contributed by atoms with Crippen molar-refractivity contribution in [2.45, 2.75) is 79.6 Å². The molecule has 0 radical (unpaired) electrons. The van der Waals surface area contributed by atoms with E-state index >= 15 is 0 Å². The van der Waals surface area contributed by atoms with Crippen LogP contribution in [0.5, 0.6) is 11.5 Å². The van der Waals surface area contributed by atoms with Gasteiger partial charge in [-0.05, 0) is 54.7 Å². The zero-order valence-electron chi connectivity index (χ0n) is 23.2. The average molecular weight is 544 g/mol. The Labute approximate surface area is 229 Å². The van der Waals surface area contributed by atoms with E-state index in [2.05, 4.69) is 0 Å². The Morgan fingerprint density at radius 2 is 1.53 bits per heavy atom. The molecule has 1 aromatic rings. The number of carboxylic acids is 1. The van der Waals surface area contributed by atoms with Crippen molar-refractivity contribution in [2.24, 2.45) is 10.8 Å². The molecule has 0 aromatic heterocycles. The Morgan fingerprint density at radius 3 is 2.00 bits per heavy atom. The van der Waals surface area contributed by atoms with Crippen LogP contribution in [0.2, 0.25) is 5.02 Å². The number of ether oxygens (including phenoxy) is 2. The number of hydrogen-bond acceptors (Lipinski definition) is 6.